The Bertz CT molecular complexity index is 494. The molecule has 1 atom stereocenters. The minimum absolute atomic E-state index is 0.138. The monoisotopic (exact) mass is 245 g/mol. The highest BCUT2D eigenvalue weighted by Gasteiger charge is 2.05. The predicted octanol–water partition coefficient (Wildman–Crippen LogP) is 2.89. The fourth-order valence-electron chi connectivity index (χ4n) is 1.52. The molecule has 0 bridgehead atoms. The van der Waals surface area contributed by atoms with E-state index >= 15 is 0 Å². The Morgan fingerprint density at radius 3 is 2.47 bits per heavy atom. The molecule has 1 unspecified atom stereocenters. The summed E-state index contributed by atoms with van der Waals surface area (Å²) in [5.74, 6) is 0.677. The third-order valence-corrected chi connectivity index (χ3v) is 3.21. The second kappa shape index (κ2) is 5.29. The van der Waals surface area contributed by atoms with Crippen molar-refractivity contribution in [3.05, 3.63) is 42.4 Å². The zero-order valence-electron chi connectivity index (χ0n) is 9.92. The van der Waals surface area contributed by atoms with Crippen molar-refractivity contribution in [3.63, 3.8) is 0 Å². The van der Waals surface area contributed by atoms with Gasteiger partial charge in [-0.3, -0.25) is 0 Å². The number of rotatable bonds is 3. The quantitative estimate of drug-likeness (QED) is 0.845. The highest BCUT2D eigenvalue weighted by Crippen LogP contribution is 2.21. The first-order valence-corrected chi connectivity index (χ1v) is 6.66. The van der Waals surface area contributed by atoms with Crippen LogP contribution in [0, 0.1) is 0 Å². The van der Waals surface area contributed by atoms with Crippen LogP contribution in [0.25, 0.3) is 11.3 Å². The highest BCUT2D eigenvalue weighted by atomic mass is 32.2. The van der Waals surface area contributed by atoms with Crippen molar-refractivity contribution >= 4 is 11.8 Å². The predicted molar refractivity (Wildman–Crippen MR) is 71.9 cm³/mol. The second-order valence-corrected chi connectivity index (χ2v) is 4.70. The molecule has 2 N–H and O–H groups in total. The van der Waals surface area contributed by atoms with Gasteiger partial charge in [-0.25, -0.2) is 9.97 Å². The lowest BCUT2D eigenvalue weighted by Crippen LogP contribution is -2.09. The Balaban J connectivity index is 2.35. The lowest BCUT2D eigenvalue weighted by Gasteiger charge is -2.06. The van der Waals surface area contributed by atoms with Crippen LogP contribution in [0.4, 0.5) is 0 Å². The van der Waals surface area contributed by atoms with Crippen LogP contribution >= 0.6 is 11.8 Å². The van der Waals surface area contributed by atoms with Crippen LogP contribution in [0.15, 0.2) is 41.4 Å². The van der Waals surface area contributed by atoms with E-state index in [0.29, 0.717) is 5.82 Å². The molecule has 1 aromatic heterocycles. The number of hydrogen-bond donors (Lipinski definition) is 1. The first kappa shape index (κ1) is 12.1. The first-order chi connectivity index (χ1) is 8.20. The molecule has 4 heteroatoms. The summed E-state index contributed by atoms with van der Waals surface area (Å²) in [6, 6.07) is 10.1. The molecular weight excluding hydrogens is 230 g/mol. The van der Waals surface area contributed by atoms with E-state index in [9.17, 15) is 0 Å². The Labute approximate surface area is 105 Å². The topological polar surface area (TPSA) is 51.8 Å². The summed E-state index contributed by atoms with van der Waals surface area (Å²) in [5.41, 5.74) is 7.78. The number of benzene rings is 1. The summed E-state index contributed by atoms with van der Waals surface area (Å²) in [5, 5.41) is 0. The van der Waals surface area contributed by atoms with E-state index in [4.69, 9.17) is 5.73 Å². The Morgan fingerprint density at radius 1 is 1.18 bits per heavy atom. The van der Waals surface area contributed by atoms with Gasteiger partial charge >= 0.3 is 0 Å². The van der Waals surface area contributed by atoms with Gasteiger partial charge in [0.25, 0.3) is 0 Å². The summed E-state index contributed by atoms with van der Waals surface area (Å²) < 4.78 is 0. The van der Waals surface area contributed by atoms with Gasteiger partial charge in [-0.2, -0.15) is 0 Å². The summed E-state index contributed by atoms with van der Waals surface area (Å²) >= 11 is 1.73. The molecule has 3 nitrogen and oxygen atoms in total. The van der Waals surface area contributed by atoms with Crippen LogP contribution in [0.3, 0.4) is 0 Å². The van der Waals surface area contributed by atoms with Gasteiger partial charge in [0.2, 0.25) is 0 Å². The molecule has 88 valence electrons. The molecular formula is C13H15N3S. The van der Waals surface area contributed by atoms with Gasteiger partial charge in [-0.1, -0.05) is 12.1 Å². The zero-order chi connectivity index (χ0) is 12.3. The molecule has 0 aliphatic carbocycles. The maximum absolute atomic E-state index is 5.78. The van der Waals surface area contributed by atoms with Crippen LogP contribution in [-0.4, -0.2) is 16.2 Å². The number of nitrogens with two attached hydrogens (primary N) is 1. The lowest BCUT2D eigenvalue weighted by molar-refractivity contribution is 0.741. The van der Waals surface area contributed by atoms with Crippen molar-refractivity contribution in [1.82, 2.24) is 9.97 Å². The molecule has 1 heterocycles. The third kappa shape index (κ3) is 2.84. The smallest absolute Gasteiger partial charge is 0.145 e. The van der Waals surface area contributed by atoms with E-state index in [0.717, 1.165) is 11.3 Å². The molecule has 0 saturated heterocycles. The Kier molecular flexibility index (Phi) is 3.76. The van der Waals surface area contributed by atoms with Crippen molar-refractivity contribution in [1.29, 1.82) is 0 Å². The maximum atomic E-state index is 5.78. The van der Waals surface area contributed by atoms with Gasteiger partial charge in [0.1, 0.15) is 5.82 Å². The van der Waals surface area contributed by atoms with Gasteiger partial charge in [0, 0.05) is 16.7 Å². The van der Waals surface area contributed by atoms with E-state index in [-0.39, 0.29) is 6.04 Å². The average Bonchev–Trinajstić information content (AvgIpc) is 2.39. The zero-order valence-corrected chi connectivity index (χ0v) is 10.7. The van der Waals surface area contributed by atoms with Crippen molar-refractivity contribution in [2.75, 3.05) is 6.26 Å². The number of nitrogens with zero attached hydrogens (tertiary/aromatic N) is 2. The Morgan fingerprint density at radius 2 is 1.88 bits per heavy atom. The summed E-state index contributed by atoms with van der Waals surface area (Å²) in [4.78, 5) is 9.86. The van der Waals surface area contributed by atoms with Gasteiger partial charge < -0.3 is 5.73 Å². The van der Waals surface area contributed by atoms with Crippen molar-refractivity contribution < 1.29 is 0 Å². The summed E-state index contributed by atoms with van der Waals surface area (Å²) in [7, 11) is 0. The van der Waals surface area contributed by atoms with Gasteiger partial charge in [-0.15, -0.1) is 11.8 Å². The second-order valence-electron chi connectivity index (χ2n) is 3.82. The molecule has 1 aromatic carbocycles. The van der Waals surface area contributed by atoms with Gasteiger partial charge in [0.05, 0.1) is 11.7 Å². The first-order valence-electron chi connectivity index (χ1n) is 5.43. The van der Waals surface area contributed by atoms with E-state index in [1.54, 1.807) is 18.0 Å². The highest BCUT2D eigenvalue weighted by molar-refractivity contribution is 7.98. The molecule has 0 amide bonds. The van der Waals surface area contributed by atoms with Crippen LogP contribution in [0.5, 0.6) is 0 Å². The fourth-order valence-corrected chi connectivity index (χ4v) is 1.92. The van der Waals surface area contributed by atoms with E-state index in [2.05, 4.69) is 40.5 Å². The molecule has 0 saturated carbocycles. The Hall–Kier alpha value is -1.39. The normalized spacial score (nSPS) is 12.4. The summed E-state index contributed by atoms with van der Waals surface area (Å²) in [6.07, 6.45) is 3.82. The van der Waals surface area contributed by atoms with Crippen LogP contribution in [-0.2, 0) is 0 Å². The van der Waals surface area contributed by atoms with E-state index in [1.165, 1.54) is 4.90 Å². The van der Waals surface area contributed by atoms with Crippen LogP contribution < -0.4 is 5.73 Å². The maximum Gasteiger partial charge on any atom is 0.145 e. The number of hydrogen-bond acceptors (Lipinski definition) is 4. The largest absolute Gasteiger partial charge is 0.322 e. The molecule has 0 fully saturated rings. The van der Waals surface area contributed by atoms with Crippen molar-refractivity contribution in [2.45, 2.75) is 17.9 Å². The minimum atomic E-state index is -0.138. The number of aromatic nitrogens is 2. The third-order valence-electron chi connectivity index (χ3n) is 2.47. The lowest BCUT2D eigenvalue weighted by atomic mass is 10.1. The standard InChI is InChI=1S/C13H15N3S/c1-9(14)13-15-8-7-12(16-13)10-3-5-11(17-2)6-4-10/h3-9H,14H2,1-2H3. The van der Waals surface area contributed by atoms with Crippen LogP contribution in [0.2, 0.25) is 0 Å². The molecule has 0 aliphatic rings. The molecule has 2 rings (SSSR count). The summed E-state index contributed by atoms with van der Waals surface area (Å²) in [6.45, 7) is 1.88. The van der Waals surface area contributed by atoms with Crippen LogP contribution in [0.1, 0.15) is 18.8 Å². The SMILES string of the molecule is CSc1ccc(-c2ccnc(C(C)N)n2)cc1. The molecule has 17 heavy (non-hydrogen) atoms. The average molecular weight is 245 g/mol. The molecule has 0 radical (unpaired) electrons. The molecule has 0 spiro atoms. The van der Waals surface area contributed by atoms with Crippen molar-refractivity contribution in [2.24, 2.45) is 5.73 Å². The van der Waals surface area contributed by atoms with Gasteiger partial charge in [0.15, 0.2) is 0 Å². The van der Waals surface area contributed by atoms with E-state index in [1.807, 2.05) is 13.0 Å². The van der Waals surface area contributed by atoms with E-state index < -0.39 is 0 Å². The minimum Gasteiger partial charge on any atom is -0.322 e. The number of thioether (sulfide) groups is 1. The molecule has 2 aromatic rings. The van der Waals surface area contributed by atoms with Gasteiger partial charge in [-0.05, 0) is 31.4 Å². The van der Waals surface area contributed by atoms with Crippen molar-refractivity contribution in [3.8, 4) is 11.3 Å². The fraction of sp³-hybridized carbons (Fsp3) is 0.231. The molecule has 0 aliphatic heterocycles.